The summed E-state index contributed by atoms with van der Waals surface area (Å²) in [6.07, 6.45) is 3.34. The van der Waals surface area contributed by atoms with Gasteiger partial charge in [-0.3, -0.25) is 47.9 Å². The largest absolute Gasteiger partial charge is 1.00 e. The molecule has 27 nitrogen and oxygen atoms in total. The second kappa shape index (κ2) is 67.7. The molecule has 0 bridgehead atoms. The number of rotatable bonds is 51. The first-order valence-corrected chi connectivity index (χ1v) is 48.9. The van der Waals surface area contributed by atoms with Gasteiger partial charge in [0.05, 0.1) is 69.0 Å². The zero-order valence-corrected chi connectivity index (χ0v) is 86.6. The van der Waals surface area contributed by atoms with E-state index in [0.29, 0.717) is 90.8 Å². The summed E-state index contributed by atoms with van der Waals surface area (Å²) in [5, 5.41) is 52.1. The van der Waals surface area contributed by atoms with Crippen LogP contribution in [0.4, 0.5) is 0 Å². The molecule has 762 valence electrons. The van der Waals surface area contributed by atoms with Gasteiger partial charge in [-0.05, 0) is 202 Å². The molecular formula is C116H138N5NaO22-2. The van der Waals surface area contributed by atoms with E-state index in [1.807, 2.05) is 250 Å². The number of esters is 5. The number of amides is 4. The van der Waals surface area contributed by atoms with Crippen molar-refractivity contribution in [3.05, 3.63) is 301 Å². The van der Waals surface area contributed by atoms with Crippen LogP contribution in [0.5, 0.6) is 0 Å². The summed E-state index contributed by atoms with van der Waals surface area (Å²) >= 11 is 0. The zero-order valence-electron chi connectivity index (χ0n) is 84.6. The Morgan fingerprint density at radius 2 is 0.417 bits per heavy atom. The standard InChI is InChI=1S/4C24H29NO5.C20H25NO2.Na/c4*1-3-30-24(29)17(2)15-21(25-22(26)13-14-23(27)28)16-18-9-11-20(12-10-18)19-7-5-4-6-8-19;1-3-23-20(22)15(2)13-19(21)14-16-9-11-18(12-10-16)17-7-5-4-6-8-17;/h4*4-12,17,21H,3,13-16H2,1-2H3,(H,25,26)(H,27,28);4-12,15,19H,3,13-14,21H2,1-2H3;/q;;;;;+1/p-3/t4*17-,21?;15-,19?;/m11111./s1. The van der Waals surface area contributed by atoms with Gasteiger partial charge in [-0.2, -0.15) is 0 Å². The molecule has 0 radical (unpaired) electrons. The Morgan fingerprint density at radius 1 is 0.250 bits per heavy atom. The summed E-state index contributed by atoms with van der Waals surface area (Å²) < 4.78 is 25.3. The van der Waals surface area contributed by atoms with Crippen molar-refractivity contribution < 1.29 is 136 Å². The van der Waals surface area contributed by atoms with E-state index in [1.54, 1.807) is 55.4 Å². The molecule has 0 fully saturated rings. The van der Waals surface area contributed by atoms with E-state index >= 15 is 0 Å². The average Bonchev–Trinajstić information content (AvgIpc) is 0.866. The Kier molecular flexibility index (Phi) is 56.8. The fraction of sp³-hybridized carbons (Fsp3) is 0.371. The number of carbonyl (C=O) groups is 13. The topological polar surface area (TPSA) is 432 Å². The van der Waals surface area contributed by atoms with Gasteiger partial charge in [0.2, 0.25) is 23.6 Å². The minimum absolute atomic E-state index is 0. The number of carboxylic acid groups (broad SMARTS) is 4. The first kappa shape index (κ1) is 121. The summed E-state index contributed by atoms with van der Waals surface area (Å²) in [4.78, 5) is 151. The fourth-order valence-electron chi connectivity index (χ4n) is 15.7. The first-order chi connectivity index (χ1) is 68.6. The van der Waals surface area contributed by atoms with Crippen molar-refractivity contribution in [2.24, 2.45) is 35.3 Å². The van der Waals surface area contributed by atoms with Crippen LogP contribution in [0.3, 0.4) is 0 Å². The van der Waals surface area contributed by atoms with E-state index < -0.39 is 23.9 Å². The number of aliphatic carboxylic acids is 4. The molecule has 0 saturated carbocycles. The van der Waals surface area contributed by atoms with Crippen LogP contribution in [0.2, 0.25) is 0 Å². The minimum Gasteiger partial charge on any atom is -0.550 e. The molecule has 10 aromatic carbocycles. The number of nitrogens with one attached hydrogen (secondary N) is 4. The van der Waals surface area contributed by atoms with Crippen molar-refractivity contribution in [1.82, 2.24) is 21.3 Å². The van der Waals surface area contributed by atoms with E-state index in [1.165, 1.54) is 16.7 Å². The Labute approximate surface area is 868 Å². The maximum atomic E-state index is 12.2. The van der Waals surface area contributed by atoms with E-state index in [0.717, 1.165) is 73.2 Å². The molecule has 0 heterocycles. The predicted octanol–water partition coefficient (Wildman–Crippen LogP) is 12.2. The number of hydrogen-bond acceptors (Lipinski definition) is 22. The summed E-state index contributed by atoms with van der Waals surface area (Å²) in [6, 6.07) is 89.7. The Morgan fingerprint density at radius 3 is 0.590 bits per heavy atom. The number of ether oxygens (including phenoxy) is 5. The SMILES string of the molecule is CCOC(=O)[C@H](C)CC(Cc1ccc(-c2ccccc2)cc1)NC(=O)CCC(=O)O.CCOC(=O)[C@H](C)CC(Cc1ccc(-c2ccccc2)cc1)NC(=O)CCC(=O)[O-].CCOC(=O)[C@H](C)CC(Cc1ccc(-c2ccccc2)cc1)NC(=O)CCC(=O)[O-].CCOC(=O)[C@H](C)CC(Cc1ccc(-c2ccccc2)cc1)NC(=O)CCC(=O)[O-].CCOC(=O)[C@H](C)CC(N)Cc1ccc(-c2ccccc2)cc1.[Na+]. The van der Waals surface area contributed by atoms with Gasteiger partial charge in [-0.15, -0.1) is 0 Å². The molecule has 0 aromatic heterocycles. The Bertz CT molecular complexity index is 4960. The maximum absolute atomic E-state index is 12.2. The molecule has 28 heteroatoms. The number of carboxylic acids is 4. The van der Waals surface area contributed by atoms with E-state index in [9.17, 15) is 77.6 Å². The molecule has 0 spiro atoms. The Balaban J connectivity index is 0.000000317. The van der Waals surface area contributed by atoms with Gasteiger partial charge >= 0.3 is 65.4 Å². The molecule has 5 unspecified atom stereocenters. The third-order valence-electron chi connectivity index (χ3n) is 23.1. The molecular weight excluding hydrogens is 1840 g/mol. The second-order valence-corrected chi connectivity index (χ2v) is 35.1. The molecule has 4 amide bonds. The van der Waals surface area contributed by atoms with E-state index in [2.05, 4.69) is 57.7 Å². The predicted molar refractivity (Wildman–Crippen MR) is 545 cm³/mol. The van der Waals surface area contributed by atoms with Gasteiger partial charge in [0.1, 0.15) is 0 Å². The quantitative estimate of drug-likeness (QED) is 0.0117. The van der Waals surface area contributed by atoms with Crippen LogP contribution in [-0.2, 0) is 118 Å². The molecule has 0 aliphatic heterocycles. The molecule has 0 aliphatic carbocycles. The average molecular weight is 1980 g/mol. The third-order valence-corrected chi connectivity index (χ3v) is 23.1. The molecule has 10 aromatic rings. The van der Waals surface area contributed by atoms with Gasteiger partial charge in [-0.1, -0.05) is 308 Å². The number of carbonyl (C=O) groups excluding carboxylic acids is 12. The number of nitrogens with two attached hydrogens (primary N) is 1. The van der Waals surface area contributed by atoms with E-state index in [-0.39, 0.29) is 194 Å². The van der Waals surface area contributed by atoms with Crippen molar-refractivity contribution in [3.8, 4) is 55.6 Å². The van der Waals surface area contributed by atoms with Gasteiger partial charge in [0.25, 0.3) is 0 Å². The van der Waals surface area contributed by atoms with Crippen molar-refractivity contribution >= 4 is 77.4 Å². The summed E-state index contributed by atoms with van der Waals surface area (Å²) in [5.41, 5.74) is 22.7. The van der Waals surface area contributed by atoms with E-state index in [4.69, 9.17) is 34.5 Å². The van der Waals surface area contributed by atoms with Gasteiger partial charge in [-0.25, -0.2) is 0 Å². The van der Waals surface area contributed by atoms with Gasteiger partial charge in [0, 0.05) is 73.8 Å². The summed E-state index contributed by atoms with van der Waals surface area (Å²) in [7, 11) is 0. The van der Waals surface area contributed by atoms with Gasteiger partial charge < -0.3 is 85.5 Å². The molecule has 0 saturated heterocycles. The van der Waals surface area contributed by atoms with Crippen LogP contribution < -0.4 is 71.9 Å². The van der Waals surface area contributed by atoms with Crippen LogP contribution in [0.1, 0.15) is 181 Å². The van der Waals surface area contributed by atoms with Crippen LogP contribution in [0, 0.1) is 29.6 Å². The third kappa shape index (κ3) is 48.4. The minimum atomic E-state index is -1.27. The molecule has 0 aliphatic rings. The van der Waals surface area contributed by atoms with Crippen LogP contribution in [0.25, 0.3) is 55.6 Å². The van der Waals surface area contributed by atoms with Crippen LogP contribution in [0.15, 0.2) is 273 Å². The molecule has 7 N–H and O–H groups in total. The zero-order chi connectivity index (χ0) is 104. The number of hydrogen-bond donors (Lipinski definition) is 6. The molecule has 10 atom stereocenters. The second-order valence-electron chi connectivity index (χ2n) is 35.1. The van der Waals surface area contributed by atoms with Crippen molar-refractivity contribution in [1.29, 1.82) is 0 Å². The number of benzene rings is 10. The van der Waals surface area contributed by atoms with Crippen LogP contribution in [-0.4, -0.2) is 146 Å². The molecule has 144 heavy (non-hydrogen) atoms. The van der Waals surface area contributed by atoms with Crippen molar-refractivity contribution in [2.75, 3.05) is 33.0 Å². The van der Waals surface area contributed by atoms with Crippen molar-refractivity contribution in [2.45, 2.75) is 215 Å². The summed E-state index contributed by atoms with van der Waals surface area (Å²) in [6.45, 7) is 19.4. The van der Waals surface area contributed by atoms with Crippen molar-refractivity contribution in [3.63, 3.8) is 0 Å². The fourth-order valence-corrected chi connectivity index (χ4v) is 15.7. The first-order valence-electron chi connectivity index (χ1n) is 48.9. The normalized spacial score (nSPS) is 12.6. The van der Waals surface area contributed by atoms with Gasteiger partial charge in [0.15, 0.2) is 0 Å². The maximum Gasteiger partial charge on any atom is 1.00 e. The molecule has 10 rings (SSSR count). The summed E-state index contributed by atoms with van der Waals surface area (Å²) in [5.74, 6) is -9.38. The Hall–Kier alpha value is -13.7. The monoisotopic (exact) mass is 1980 g/mol. The van der Waals surface area contributed by atoms with Crippen LogP contribution >= 0.6 is 0 Å². The smallest absolute Gasteiger partial charge is 0.550 e.